The van der Waals surface area contributed by atoms with Crippen LogP contribution in [0.3, 0.4) is 0 Å². The summed E-state index contributed by atoms with van der Waals surface area (Å²) in [6.07, 6.45) is 3.71. The third kappa shape index (κ3) is 4.84. The van der Waals surface area contributed by atoms with E-state index in [9.17, 15) is 4.79 Å². The number of hydrogen-bond acceptors (Lipinski definition) is 7. The molecule has 2 heterocycles. The van der Waals surface area contributed by atoms with E-state index in [0.29, 0.717) is 41.0 Å². The molecular weight excluding hydrogens is 410 g/mol. The maximum absolute atomic E-state index is 12.6. The molecule has 2 aromatic heterocycles. The van der Waals surface area contributed by atoms with Crippen molar-refractivity contribution in [1.29, 1.82) is 0 Å². The largest absolute Gasteiger partial charge is 0.493 e. The second-order valence-corrected chi connectivity index (χ2v) is 6.74. The van der Waals surface area contributed by atoms with Crippen molar-refractivity contribution < 1.29 is 18.8 Å². The Hall–Kier alpha value is -4.40. The first-order valence-electron chi connectivity index (χ1n) is 9.77. The third-order valence-corrected chi connectivity index (χ3v) is 4.64. The van der Waals surface area contributed by atoms with E-state index >= 15 is 0 Å². The smallest absolute Gasteiger partial charge is 0.323 e. The molecule has 0 bridgehead atoms. The molecule has 2 N–H and O–H groups in total. The van der Waals surface area contributed by atoms with Crippen molar-refractivity contribution in [2.24, 2.45) is 0 Å². The minimum atomic E-state index is -0.397. The van der Waals surface area contributed by atoms with Crippen LogP contribution in [0.1, 0.15) is 11.5 Å². The monoisotopic (exact) mass is 431 g/mol. The van der Waals surface area contributed by atoms with Crippen LogP contribution >= 0.6 is 0 Å². The topological polar surface area (TPSA) is 111 Å². The number of methoxy groups -OCH3 is 2. The van der Waals surface area contributed by atoms with E-state index < -0.39 is 6.03 Å². The van der Waals surface area contributed by atoms with Crippen LogP contribution < -0.4 is 20.1 Å². The molecular formula is C23H21N5O4. The first-order valence-corrected chi connectivity index (χ1v) is 9.77. The summed E-state index contributed by atoms with van der Waals surface area (Å²) in [4.78, 5) is 21.1. The average Bonchev–Trinajstić information content (AvgIpc) is 3.29. The summed E-state index contributed by atoms with van der Waals surface area (Å²) in [5.41, 5.74) is 2.79. The number of nitrogens with zero attached hydrogens (tertiary/aromatic N) is 3. The van der Waals surface area contributed by atoms with Crippen LogP contribution in [0.2, 0.25) is 0 Å². The van der Waals surface area contributed by atoms with Crippen LogP contribution in [0.4, 0.5) is 16.2 Å². The van der Waals surface area contributed by atoms with E-state index in [4.69, 9.17) is 14.0 Å². The summed E-state index contributed by atoms with van der Waals surface area (Å²) >= 11 is 0. The molecule has 32 heavy (non-hydrogen) atoms. The molecule has 0 saturated heterocycles. The minimum Gasteiger partial charge on any atom is -0.493 e. The number of hydrogen-bond donors (Lipinski definition) is 2. The molecule has 2 aromatic carbocycles. The van der Waals surface area contributed by atoms with Gasteiger partial charge in [-0.05, 0) is 35.9 Å². The van der Waals surface area contributed by atoms with Crippen molar-refractivity contribution >= 4 is 17.4 Å². The van der Waals surface area contributed by atoms with Gasteiger partial charge in [0.2, 0.25) is 11.7 Å². The number of para-hydroxylation sites is 1. The van der Waals surface area contributed by atoms with Gasteiger partial charge < -0.3 is 24.6 Å². The Labute approximate surface area is 184 Å². The number of urea groups is 1. The molecule has 0 fully saturated rings. The molecule has 0 saturated carbocycles. The molecule has 0 aliphatic rings. The predicted octanol–water partition coefficient (Wildman–Crippen LogP) is 4.38. The molecule has 0 unspecified atom stereocenters. The lowest BCUT2D eigenvalue weighted by Gasteiger charge is -2.13. The Morgan fingerprint density at radius 2 is 1.84 bits per heavy atom. The summed E-state index contributed by atoms with van der Waals surface area (Å²) in [6, 6.07) is 15.8. The van der Waals surface area contributed by atoms with E-state index in [1.807, 2.05) is 36.4 Å². The normalized spacial score (nSPS) is 10.4. The van der Waals surface area contributed by atoms with Crippen molar-refractivity contribution in [1.82, 2.24) is 15.1 Å². The fraction of sp³-hybridized carbons (Fsp3) is 0.130. The molecule has 0 atom stereocenters. The summed E-state index contributed by atoms with van der Waals surface area (Å²) in [5.74, 6) is 1.99. The van der Waals surface area contributed by atoms with Gasteiger partial charge in [0.25, 0.3) is 0 Å². The van der Waals surface area contributed by atoms with E-state index in [1.165, 1.54) is 7.11 Å². The number of carbonyl (C=O) groups is 1. The molecule has 9 nitrogen and oxygen atoms in total. The van der Waals surface area contributed by atoms with E-state index in [0.717, 1.165) is 11.1 Å². The minimum absolute atomic E-state index is 0.361. The zero-order valence-electron chi connectivity index (χ0n) is 17.5. The van der Waals surface area contributed by atoms with Crippen molar-refractivity contribution in [3.8, 4) is 22.9 Å². The second-order valence-electron chi connectivity index (χ2n) is 6.74. The standard InChI is InChI=1S/C23H21N5O4/c1-30-19-10-9-17(13-20(19)31-2)25-23(29)26-18-8-4-3-6-15(18)12-21-27-22(28-32-21)16-7-5-11-24-14-16/h3-11,13-14H,12H2,1-2H3,(H2,25,26,29). The number of aromatic nitrogens is 3. The van der Waals surface area contributed by atoms with Gasteiger partial charge >= 0.3 is 6.03 Å². The SMILES string of the molecule is COc1ccc(NC(=O)Nc2ccccc2Cc2nc(-c3cccnc3)no2)cc1OC. The first-order chi connectivity index (χ1) is 15.7. The molecule has 162 valence electrons. The maximum Gasteiger partial charge on any atom is 0.323 e. The predicted molar refractivity (Wildman–Crippen MR) is 119 cm³/mol. The van der Waals surface area contributed by atoms with Crippen LogP contribution in [-0.2, 0) is 6.42 Å². The van der Waals surface area contributed by atoms with Crippen molar-refractivity contribution in [3.05, 3.63) is 78.4 Å². The van der Waals surface area contributed by atoms with Gasteiger partial charge in [-0.1, -0.05) is 23.4 Å². The Kier molecular flexibility index (Phi) is 6.26. The molecule has 0 aliphatic carbocycles. The van der Waals surface area contributed by atoms with Crippen LogP contribution in [0.5, 0.6) is 11.5 Å². The van der Waals surface area contributed by atoms with E-state index in [2.05, 4.69) is 25.8 Å². The van der Waals surface area contributed by atoms with Gasteiger partial charge in [0.05, 0.1) is 20.6 Å². The van der Waals surface area contributed by atoms with Crippen LogP contribution in [0, 0.1) is 0 Å². The molecule has 0 radical (unpaired) electrons. The maximum atomic E-state index is 12.6. The number of anilines is 2. The summed E-state index contributed by atoms with van der Waals surface area (Å²) in [5, 5.41) is 9.66. The van der Waals surface area contributed by atoms with Crippen molar-refractivity contribution in [3.63, 3.8) is 0 Å². The lowest BCUT2D eigenvalue weighted by Crippen LogP contribution is -2.20. The van der Waals surface area contributed by atoms with E-state index in [-0.39, 0.29) is 0 Å². The lowest BCUT2D eigenvalue weighted by molar-refractivity contribution is 0.262. The number of nitrogens with one attached hydrogen (secondary N) is 2. The summed E-state index contributed by atoms with van der Waals surface area (Å²) < 4.78 is 15.9. The molecule has 2 amide bonds. The molecule has 0 spiro atoms. The number of benzene rings is 2. The third-order valence-electron chi connectivity index (χ3n) is 4.64. The molecule has 9 heteroatoms. The highest BCUT2D eigenvalue weighted by molar-refractivity contribution is 6.00. The summed E-state index contributed by atoms with van der Waals surface area (Å²) in [7, 11) is 3.09. The highest BCUT2D eigenvalue weighted by Crippen LogP contribution is 2.30. The number of pyridine rings is 1. The Balaban J connectivity index is 1.46. The Morgan fingerprint density at radius 1 is 1.00 bits per heavy atom. The number of rotatable bonds is 7. The van der Waals surface area contributed by atoms with Gasteiger partial charge in [-0.3, -0.25) is 4.98 Å². The van der Waals surface area contributed by atoms with Gasteiger partial charge in [-0.25, -0.2) is 4.79 Å². The first kappa shape index (κ1) is 20.9. The number of amides is 2. The molecule has 4 rings (SSSR count). The highest BCUT2D eigenvalue weighted by atomic mass is 16.5. The fourth-order valence-electron chi connectivity index (χ4n) is 3.10. The molecule has 0 aliphatic heterocycles. The van der Waals surface area contributed by atoms with E-state index in [1.54, 1.807) is 37.7 Å². The number of ether oxygens (including phenoxy) is 2. The van der Waals surface area contributed by atoms with Crippen molar-refractivity contribution in [2.45, 2.75) is 6.42 Å². The van der Waals surface area contributed by atoms with Crippen LogP contribution in [0.15, 0.2) is 71.5 Å². The Bertz CT molecular complexity index is 1210. The molecule has 4 aromatic rings. The van der Waals surface area contributed by atoms with Gasteiger partial charge in [-0.15, -0.1) is 0 Å². The Morgan fingerprint density at radius 3 is 2.62 bits per heavy atom. The number of carbonyl (C=O) groups excluding carboxylic acids is 1. The fourth-order valence-corrected chi connectivity index (χ4v) is 3.10. The van der Waals surface area contributed by atoms with Crippen LogP contribution in [-0.4, -0.2) is 35.4 Å². The average molecular weight is 431 g/mol. The quantitative estimate of drug-likeness (QED) is 0.446. The lowest BCUT2D eigenvalue weighted by atomic mass is 10.1. The zero-order valence-corrected chi connectivity index (χ0v) is 17.5. The van der Waals surface area contributed by atoms with Gasteiger partial charge in [-0.2, -0.15) is 4.98 Å². The van der Waals surface area contributed by atoms with Gasteiger partial charge in [0.15, 0.2) is 11.5 Å². The highest BCUT2D eigenvalue weighted by Gasteiger charge is 2.13. The van der Waals surface area contributed by atoms with Gasteiger partial charge in [0.1, 0.15) is 0 Å². The van der Waals surface area contributed by atoms with Gasteiger partial charge in [0, 0.05) is 35.4 Å². The summed E-state index contributed by atoms with van der Waals surface area (Å²) in [6.45, 7) is 0. The van der Waals surface area contributed by atoms with Crippen LogP contribution in [0.25, 0.3) is 11.4 Å². The second kappa shape index (κ2) is 9.61. The van der Waals surface area contributed by atoms with Crippen molar-refractivity contribution in [2.75, 3.05) is 24.9 Å². The zero-order chi connectivity index (χ0) is 22.3.